The molecule has 2 bridgehead atoms. The number of nitrogens with zero attached hydrogens (tertiary/aromatic N) is 1. The highest BCUT2D eigenvalue weighted by atomic mass is 16.5. The van der Waals surface area contributed by atoms with E-state index in [1.54, 1.807) is 7.11 Å². The van der Waals surface area contributed by atoms with Gasteiger partial charge in [-0.05, 0) is 66.4 Å². The van der Waals surface area contributed by atoms with Crippen molar-refractivity contribution in [2.24, 2.45) is 0 Å². The van der Waals surface area contributed by atoms with Gasteiger partial charge in [-0.3, -0.25) is 4.90 Å². The molecule has 0 spiro atoms. The van der Waals surface area contributed by atoms with Crippen LogP contribution in [0.25, 0.3) is 16.3 Å². The molecule has 2 aromatic carbocycles. The highest BCUT2D eigenvalue weighted by molar-refractivity contribution is 5.89. The summed E-state index contributed by atoms with van der Waals surface area (Å²) in [7, 11) is 3.95. The third kappa shape index (κ3) is 6.18. The summed E-state index contributed by atoms with van der Waals surface area (Å²) < 4.78 is 10.7. The second-order valence-corrected chi connectivity index (χ2v) is 7.93. The second kappa shape index (κ2) is 10.9. The predicted molar refractivity (Wildman–Crippen MR) is 123 cm³/mol. The van der Waals surface area contributed by atoms with Gasteiger partial charge in [0.25, 0.3) is 0 Å². The van der Waals surface area contributed by atoms with Crippen molar-refractivity contribution < 1.29 is 29.3 Å². The minimum atomic E-state index is -1.26. The van der Waals surface area contributed by atoms with Crippen molar-refractivity contribution in [2.45, 2.75) is 31.3 Å². The monoisotopic (exact) mass is 439 g/mol. The zero-order valence-electron chi connectivity index (χ0n) is 18.4. The summed E-state index contributed by atoms with van der Waals surface area (Å²) in [6.07, 6.45) is 7.41. The molecule has 1 fully saturated rings. The second-order valence-electron chi connectivity index (χ2n) is 7.93. The van der Waals surface area contributed by atoms with Crippen LogP contribution in [0.4, 0.5) is 0 Å². The predicted octanol–water partition coefficient (Wildman–Crippen LogP) is 3.83. The van der Waals surface area contributed by atoms with Crippen LogP contribution in [-0.4, -0.2) is 66.5 Å². The summed E-state index contributed by atoms with van der Waals surface area (Å²) in [4.78, 5) is 21.6. The average Bonchev–Trinajstić information content (AvgIpc) is 2.98. The van der Waals surface area contributed by atoms with Gasteiger partial charge in [0.1, 0.15) is 12.4 Å². The lowest BCUT2D eigenvalue weighted by molar-refractivity contribution is -0.134. The van der Waals surface area contributed by atoms with E-state index in [1.807, 2.05) is 0 Å². The molecule has 7 nitrogen and oxygen atoms in total. The van der Waals surface area contributed by atoms with Crippen LogP contribution in [0.5, 0.6) is 5.75 Å². The number of carboxylic acids is 2. The highest BCUT2D eigenvalue weighted by Crippen LogP contribution is 2.38. The number of ether oxygens (including phenoxy) is 2. The minimum Gasteiger partial charge on any atom is -0.491 e. The number of carbonyl (C=O) groups is 2. The Bertz CT molecular complexity index is 1010. The molecule has 0 saturated carbocycles. The Morgan fingerprint density at radius 1 is 1.03 bits per heavy atom. The summed E-state index contributed by atoms with van der Waals surface area (Å²) in [5.74, 6) is -1.61. The van der Waals surface area contributed by atoms with Gasteiger partial charge >= 0.3 is 11.9 Å². The van der Waals surface area contributed by atoms with Crippen LogP contribution in [0, 0.1) is 0 Å². The van der Waals surface area contributed by atoms with Gasteiger partial charge in [-0.25, -0.2) is 9.59 Å². The van der Waals surface area contributed by atoms with E-state index < -0.39 is 11.9 Å². The van der Waals surface area contributed by atoms with Gasteiger partial charge in [0.05, 0.1) is 6.61 Å². The zero-order valence-corrected chi connectivity index (χ0v) is 18.4. The van der Waals surface area contributed by atoms with E-state index in [-0.39, 0.29) is 0 Å². The van der Waals surface area contributed by atoms with Gasteiger partial charge in [-0.1, -0.05) is 24.3 Å². The standard InChI is InChI=1S/C21H25NO2.C4H4O4/c1-22-19-6-7-20(22)13-18(12-19)16-3-4-17-14-21(24-10-9-23-2)8-5-15(17)11-16;5-3(6)1-2-4(7)8/h3-5,8,11-12,14,19-20H,6-7,9-10,13H2,1-2H3;1-2H,(H,5,6)(H,7,8)/b;2-1+. The van der Waals surface area contributed by atoms with Crippen LogP contribution in [0.3, 0.4) is 0 Å². The average molecular weight is 440 g/mol. The molecular formula is C25H29NO6. The fourth-order valence-electron chi connectivity index (χ4n) is 4.16. The molecule has 1 saturated heterocycles. The fourth-order valence-corrected chi connectivity index (χ4v) is 4.16. The summed E-state index contributed by atoms with van der Waals surface area (Å²) in [6.45, 7) is 1.20. The van der Waals surface area contributed by atoms with Crippen LogP contribution in [0.2, 0.25) is 0 Å². The summed E-state index contributed by atoms with van der Waals surface area (Å²) in [6, 6.07) is 14.5. The maximum absolute atomic E-state index is 9.55. The zero-order chi connectivity index (χ0) is 23.1. The summed E-state index contributed by atoms with van der Waals surface area (Å²) in [5.41, 5.74) is 2.89. The molecule has 4 rings (SSSR count). The number of fused-ring (bicyclic) bond motifs is 3. The SMILES string of the molecule is COCCOc1ccc2cc(C3=CC4CCC(C3)N4C)ccc2c1.O=C(O)/C=C/C(=O)O. The Morgan fingerprint density at radius 3 is 2.38 bits per heavy atom. The molecule has 2 N–H and O–H groups in total. The van der Waals surface area contributed by atoms with Crippen molar-refractivity contribution in [1.82, 2.24) is 4.90 Å². The Morgan fingerprint density at radius 2 is 1.72 bits per heavy atom. The van der Waals surface area contributed by atoms with Gasteiger partial charge in [0.2, 0.25) is 0 Å². The lowest BCUT2D eigenvalue weighted by atomic mass is 9.93. The van der Waals surface area contributed by atoms with Crippen molar-refractivity contribution >= 4 is 28.3 Å². The normalized spacial score (nSPS) is 20.0. The number of likely N-dealkylation sites (N-methyl/N-ethyl adjacent to an activating group) is 1. The van der Waals surface area contributed by atoms with Crippen molar-refractivity contribution in [1.29, 1.82) is 0 Å². The van der Waals surface area contributed by atoms with Gasteiger partial charge in [-0.2, -0.15) is 0 Å². The van der Waals surface area contributed by atoms with Crippen molar-refractivity contribution in [3.05, 3.63) is 60.2 Å². The molecule has 0 aliphatic carbocycles. The van der Waals surface area contributed by atoms with Gasteiger partial charge < -0.3 is 19.7 Å². The molecule has 2 aliphatic heterocycles. The summed E-state index contributed by atoms with van der Waals surface area (Å²) in [5, 5.41) is 18.1. The van der Waals surface area contributed by atoms with Crippen molar-refractivity contribution in [3.8, 4) is 5.75 Å². The Labute approximate surface area is 187 Å². The highest BCUT2D eigenvalue weighted by Gasteiger charge is 2.33. The number of hydrogen-bond acceptors (Lipinski definition) is 5. The number of aliphatic carboxylic acids is 2. The van der Waals surface area contributed by atoms with Crippen molar-refractivity contribution in [2.75, 3.05) is 27.4 Å². The molecule has 2 unspecified atom stereocenters. The first-order valence-corrected chi connectivity index (χ1v) is 10.6. The van der Waals surface area contributed by atoms with E-state index in [2.05, 4.69) is 54.4 Å². The van der Waals surface area contributed by atoms with Crippen LogP contribution in [0.15, 0.2) is 54.6 Å². The fraction of sp³-hybridized carbons (Fsp3) is 0.360. The molecule has 2 atom stereocenters. The first kappa shape index (κ1) is 23.5. The van der Waals surface area contributed by atoms with Crippen LogP contribution < -0.4 is 4.74 Å². The Hall–Kier alpha value is -3.16. The maximum atomic E-state index is 9.55. The first-order chi connectivity index (χ1) is 15.4. The third-order valence-corrected chi connectivity index (χ3v) is 5.85. The molecule has 0 aromatic heterocycles. The molecule has 7 heteroatoms. The number of hydrogen-bond donors (Lipinski definition) is 2. The van der Waals surface area contributed by atoms with Gasteiger partial charge in [0, 0.05) is 31.3 Å². The lowest BCUT2D eigenvalue weighted by Gasteiger charge is -2.30. The number of methoxy groups -OCH3 is 1. The minimum absolute atomic E-state index is 0.558. The van der Waals surface area contributed by atoms with Gasteiger partial charge in [-0.15, -0.1) is 0 Å². The Balaban J connectivity index is 0.000000312. The van der Waals surface area contributed by atoms with Gasteiger partial charge in [0.15, 0.2) is 0 Å². The molecule has 2 aromatic rings. The van der Waals surface area contributed by atoms with Crippen LogP contribution in [-0.2, 0) is 14.3 Å². The molecule has 170 valence electrons. The topological polar surface area (TPSA) is 96.3 Å². The molecule has 2 aliphatic rings. The number of carboxylic acid groups (broad SMARTS) is 2. The van der Waals surface area contributed by atoms with E-state index >= 15 is 0 Å². The van der Waals surface area contributed by atoms with Crippen molar-refractivity contribution in [3.63, 3.8) is 0 Å². The lowest BCUT2D eigenvalue weighted by Crippen LogP contribution is -2.34. The van der Waals surface area contributed by atoms with Crippen LogP contribution >= 0.6 is 0 Å². The van der Waals surface area contributed by atoms with Crippen LogP contribution in [0.1, 0.15) is 24.8 Å². The largest absolute Gasteiger partial charge is 0.491 e. The molecule has 32 heavy (non-hydrogen) atoms. The van der Waals surface area contributed by atoms with E-state index in [0.29, 0.717) is 31.4 Å². The van der Waals surface area contributed by atoms with E-state index in [1.165, 1.54) is 41.2 Å². The smallest absolute Gasteiger partial charge is 0.328 e. The first-order valence-electron chi connectivity index (χ1n) is 10.6. The van der Waals surface area contributed by atoms with E-state index in [4.69, 9.17) is 19.7 Å². The Kier molecular flexibility index (Phi) is 8.03. The third-order valence-electron chi connectivity index (χ3n) is 5.85. The molecule has 2 heterocycles. The number of rotatable bonds is 7. The summed E-state index contributed by atoms with van der Waals surface area (Å²) >= 11 is 0. The molecule has 0 amide bonds. The maximum Gasteiger partial charge on any atom is 0.328 e. The van der Waals surface area contributed by atoms with E-state index in [0.717, 1.165) is 11.8 Å². The number of benzene rings is 2. The molecular weight excluding hydrogens is 410 g/mol. The quantitative estimate of drug-likeness (QED) is 0.500. The molecule has 0 radical (unpaired) electrons. The van der Waals surface area contributed by atoms with E-state index in [9.17, 15) is 9.59 Å².